The van der Waals surface area contributed by atoms with Gasteiger partial charge in [-0.1, -0.05) is 11.3 Å². The fourth-order valence-corrected chi connectivity index (χ4v) is 5.54. The van der Waals surface area contributed by atoms with Gasteiger partial charge in [-0.15, -0.1) is 23.1 Å². The molecular formula is C20H19N3O2S3. The van der Waals surface area contributed by atoms with E-state index >= 15 is 0 Å². The molecule has 2 aromatic heterocycles. The van der Waals surface area contributed by atoms with E-state index in [1.807, 2.05) is 43.3 Å². The van der Waals surface area contributed by atoms with E-state index in [0.29, 0.717) is 11.6 Å². The van der Waals surface area contributed by atoms with E-state index < -0.39 is 0 Å². The molecule has 0 aliphatic heterocycles. The lowest BCUT2D eigenvalue weighted by Gasteiger charge is -2.04. The highest BCUT2D eigenvalue weighted by Crippen LogP contribution is 2.34. The molecule has 2 heterocycles. The summed E-state index contributed by atoms with van der Waals surface area (Å²) in [5.74, 6) is 1.74. The average molecular weight is 430 g/mol. The maximum Gasteiger partial charge on any atom is 0.226 e. The summed E-state index contributed by atoms with van der Waals surface area (Å²) in [6.45, 7) is 2.00. The lowest BCUT2D eigenvalue weighted by atomic mass is 10.3. The van der Waals surface area contributed by atoms with E-state index in [0.717, 1.165) is 43.4 Å². The van der Waals surface area contributed by atoms with Crippen LogP contribution >= 0.6 is 34.4 Å². The number of methoxy groups -OCH3 is 1. The first-order chi connectivity index (χ1) is 13.6. The molecule has 1 N–H and O–H groups in total. The predicted molar refractivity (Wildman–Crippen MR) is 119 cm³/mol. The summed E-state index contributed by atoms with van der Waals surface area (Å²) in [6.07, 6.45) is 1.28. The third kappa shape index (κ3) is 4.29. The normalized spacial score (nSPS) is 11.2. The van der Waals surface area contributed by atoms with Crippen molar-refractivity contribution in [2.24, 2.45) is 0 Å². The summed E-state index contributed by atoms with van der Waals surface area (Å²) < 4.78 is 7.35. The highest BCUT2D eigenvalue weighted by molar-refractivity contribution is 7.99. The number of thioether (sulfide) groups is 1. The van der Waals surface area contributed by atoms with E-state index in [9.17, 15) is 4.79 Å². The molecule has 8 heteroatoms. The van der Waals surface area contributed by atoms with Crippen molar-refractivity contribution in [3.8, 4) is 5.75 Å². The zero-order chi connectivity index (χ0) is 19.5. The Bertz CT molecular complexity index is 1120. The van der Waals surface area contributed by atoms with Crippen LogP contribution in [-0.2, 0) is 4.79 Å². The highest BCUT2D eigenvalue weighted by Gasteiger charge is 2.12. The molecule has 5 nitrogen and oxygen atoms in total. The second kappa shape index (κ2) is 8.46. The van der Waals surface area contributed by atoms with E-state index in [-0.39, 0.29) is 5.91 Å². The third-order valence-corrected chi connectivity index (χ3v) is 7.17. The molecule has 0 radical (unpaired) electrons. The number of ether oxygens (including phenoxy) is 1. The molecule has 0 fully saturated rings. The van der Waals surface area contributed by atoms with Gasteiger partial charge in [0.1, 0.15) is 11.3 Å². The average Bonchev–Trinajstić information content (AvgIpc) is 3.27. The molecule has 0 spiro atoms. The summed E-state index contributed by atoms with van der Waals surface area (Å²) in [4.78, 5) is 22.6. The second-order valence-corrected chi connectivity index (χ2v) is 9.59. The van der Waals surface area contributed by atoms with Crippen LogP contribution in [0.2, 0.25) is 0 Å². The lowest BCUT2D eigenvalue weighted by molar-refractivity contribution is -0.116. The van der Waals surface area contributed by atoms with Crippen molar-refractivity contribution >= 4 is 65.9 Å². The van der Waals surface area contributed by atoms with Crippen LogP contribution in [0.15, 0.2) is 41.3 Å². The number of fused-ring (bicyclic) bond motifs is 3. The monoisotopic (exact) mass is 429 g/mol. The second-order valence-electron chi connectivity index (χ2n) is 6.19. The minimum Gasteiger partial charge on any atom is -0.497 e. The maximum atomic E-state index is 12.3. The Morgan fingerprint density at radius 1 is 1.14 bits per heavy atom. The first kappa shape index (κ1) is 19.2. The van der Waals surface area contributed by atoms with Gasteiger partial charge in [-0.2, -0.15) is 0 Å². The maximum absolute atomic E-state index is 12.3. The fraction of sp³-hybridized carbons (Fsp3) is 0.250. The molecule has 0 saturated carbocycles. The Hall–Kier alpha value is -2.16. The van der Waals surface area contributed by atoms with E-state index in [1.54, 1.807) is 30.2 Å². The van der Waals surface area contributed by atoms with Crippen molar-refractivity contribution in [3.05, 3.63) is 41.4 Å². The molecule has 144 valence electrons. The van der Waals surface area contributed by atoms with Crippen molar-refractivity contribution in [1.82, 2.24) is 9.97 Å². The van der Waals surface area contributed by atoms with Crippen molar-refractivity contribution < 1.29 is 9.53 Å². The molecule has 0 unspecified atom stereocenters. The summed E-state index contributed by atoms with van der Waals surface area (Å²) >= 11 is 4.91. The largest absolute Gasteiger partial charge is 0.497 e. The van der Waals surface area contributed by atoms with Gasteiger partial charge in [-0.25, -0.2) is 9.97 Å². The fourth-order valence-electron chi connectivity index (χ4n) is 2.82. The molecule has 2 aromatic carbocycles. The van der Waals surface area contributed by atoms with Gasteiger partial charge in [0.05, 0.1) is 27.0 Å². The number of nitrogens with one attached hydrogen (secondary N) is 1. The standard InChI is InChI=1S/C20H19N3O2S3/c1-12-21-18-16(27-12)10-9-15-19(18)28-20(22-15)23-17(24)4-3-11-26-14-7-5-13(25-2)6-8-14/h5-10H,3-4,11H2,1-2H3,(H,22,23,24). The lowest BCUT2D eigenvalue weighted by Crippen LogP contribution is -2.11. The van der Waals surface area contributed by atoms with Gasteiger partial charge >= 0.3 is 0 Å². The van der Waals surface area contributed by atoms with Crippen LogP contribution in [-0.4, -0.2) is 28.7 Å². The van der Waals surface area contributed by atoms with Crippen molar-refractivity contribution in [2.75, 3.05) is 18.2 Å². The number of amides is 1. The Kier molecular flexibility index (Phi) is 5.79. The molecule has 0 aliphatic carbocycles. The van der Waals surface area contributed by atoms with Gasteiger partial charge in [-0.05, 0) is 55.5 Å². The molecule has 0 bridgehead atoms. The van der Waals surface area contributed by atoms with Gasteiger partial charge in [-0.3, -0.25) is 4.79 Å². The van der Waals surface area contributed by atoms with Crippen molar-refractivity contribution in [2.45, 2.75) is 24.7 Å². The number of rotatable bonds is 7. The molecule has 0 aliphatic rings. The topological polar surface area (TPSA) is 64.1 Å². The smallest absolute Gasteiger partial charge is 0.226 e. The van der Waals surface area contributed by atoms with Crippen molar-refractivity contribution in [3.63, 3.8) is 0 Å². The van der Waals surface area contributed by atoms with Gasteiger partial charge < -0.3 is 10.1 Å². The van der Waals surface area contributed by atoms with Crippen LogP contribution in [0.5, 0.6) is 5.75 Å². The first-order valence-corrected chi connectivity index (χ1v) is 11.5. The van der Waals surface area contributed by atoms with Gasteiger partial charge in [0.2, 0.25) is 5.91 Å². The zero-order valence-corrected chi connectivity index (χ0v) is 18.0. The number of hydrogen-bond donors (Lipinski definition) is 1. The van der Waals surface area contributed by atoms with Crippen LogP contribution in [0.1, 0.15) is 17.8 Å². The molecule has 0 saturated heterocycles. The van der Waals surface area contributed by atoms with Gasteiger partial charge in [0.25, 0.3) is 0 Å². The number of benzene rings is 2. The van der Waals surface area contributed by atoms with Gasteiger partial charge in [0.15, 0.2) is 5.13 Å². The molecule has 4 rings (SSSR count). The van der Waals surface area contributed by atoms with Crippen LogP contribution in [0, 0.1) is 6.92 Å². The van der Waals surface area contributed by atoms with Gasteiger partial charge in [0, 0.05) is 11.3 Å². The third-order valence-electron chi connectivity index (χ3n) is 4.14. The van der Waals surface area contributed by atoms with Crippen LogP contribution in [0.25, 0.3) is 20.4 Å². The number of thiazole rings is 2. The number of carbonyl (C=O) groups excluding carboxylic acids is 1. The number of aromatic nitrogens is 2. The Morgan fingerprint density at radius 2 is 1.96 bits per heavy atom. The summed E-state index contributed by atoms with van der Waals surface area (Å²) in [5.41, 5.74) is 1.86. The Labute approximate surface area is 175 Å². The number of aryl methyl sites for hydroxylation is 1. The van der Waals surface area contributed by atoms with E-state index in [4.69, 9.17) is 4.74 Å². The number of hydrogen-bond acceptors (Lipinski definition) is 7. The van der Waals surface area contributed by atoms with Crippen LogP contribution in [0.4, 0.5) is 5.13 Å². The van der Waals surface area contributed by atoms with Crippen LogP contribution < -0.4 is 10.1 Å². The summed E-state index contributed by atoms with van der Waals surface area (Å²) in [6, 6.07) is 12.0. The number of anilines is 1. The predicted octanol–water partition coefficient (Wildman–Crippen LogP) is 5.73. The molecule has 28 heavy (non-hydrogen) atoms. The number of carbonyl (C=O) groups is 1. The minimum absolute atomic E-state index is 0.0000827. The quantitative estimate of drug-likeness (QED) is 0.300. The Balaban J connectivity index is 1.31. The molecule has 1 amide bonds. The summed E-state index contributed by atoms with van der Waals surface area (Å²) in [7, 11) is 1.66. The Morgan fingerprint density at radius 3 is 2.75 bits per heavy atom. The van der Waals surface area contributed by atoms with E-state index in [2.05, 4.69) is 15.3 Å². The molecular weight excluding hydrogens is 410 g/mol. The molecule has 0 atom stereocenters. The first-order valence-electron chi connectivity index (χ1n) is 8.86. The van der Waals surface area contributed by atoms with Crippen LogP contribution in [0.3, 0.4) is 0 Å². The minimum atomic E-state index is 0.0000827. The highest BCUT2D eigenvalue weighted by atomic mass is 32.2. The summed E-state index contributed by atoms with van der Waals surface area (Å²) in [5, 5.41) is 4.61. The molecule has 4 aromatic rings. The SMILES string of the molecule is COc1ccc(SCCCC(=O)Nc2nc3ccc4sc(C)nc4c3s2)cc1. The van der Waals surface area contributed by atoms with E-state index in [1.165, 1.54) is 16.2 Å². The zero-order valence-electron chi connectivity index (χ0n) is 15.5. The van der Waals surface area contributed by atoms with Crippen molar-refractivity contribution in [1.29, 1.82) is 0 Å². The number of nitrogens with zero attached hydrogens (tertiary/aromatic N) is 2.